The van der Waals surface area contributed by atoms with Gasteiger partial charge in [-0.15, -0.1) is 0 Å². The quantitative estimate of drug-likeness (QED) is 0.362. The Kier molecular flexibility index (Phi) is 5.73. The first kappa shape index (κ1) is 8.76. The molecule has 0 spiro atoms. The molecule has 0 rings (SSSR count). The lowest BCUT2D eigenvalue weighted by Gasteiger charge is -2.06. The van der Waals surface area contributed by atoms with Gasteiger partial charge in [-0.3, -0.25) is 15.8 Å². The second-order valence-corrected chi connectivity index (χ2v) is 1.32. The van der Waals surface area contributed by atoms with E-state index in [4.69, 9.17) is 15.8 Å². The highest BCUT2D eigenvalue weighted by Gasteiger charge is 2.08. The largest absolute Gasteiger partial charge is 0.252 e. The Balaban J connectivity index is 3.18. The standard InChI is InChI=1S/C3H8O6/c4-7-1-3(9-6)2-8-5/h3-6H,1-2H2. The molecule has 0 fully saturated rings. The van der Waals surface area contributed by atoms with Crippen LogP contribution in [0.2, 0.25) is 0 Å². The highest BCUT2D eigenvalue weighted by molar-refractivity contribution is 4.48. The summed E-state index contributed by atoms with van der Waals surface area (Å²) in [5, 5.41) is 23.4. The van der Waals surface area contributed by atoms with Crippen molar-refractivity contribution in [3.63, 3.8) is 0 Å². The first-order valence-electron chi connectivity index (χ1n) is 2.18. The van der Waals surface area contributed by atoms with Crippen LogP contribution in [0.15, 0.2) is 0 Å². The van der Waals surface area contributed by atoms with Crippen molar-refractivity contribution >= 4 is 0 Å². The third kappa shape index (κ3) is 4.28. The highest BCUT2D eigenvalue weighted by Crippen LogP contribution is 1.89. The van der Waals surface area contributed by atoms with Gasteiger partial charge in [-0.2, -0.15) is 0 Å². The first-order chi connectivity index (χ1) is 4.35. The van der Waals surface area contributed by atoms with E-state index < -0.39 is 6.10 Å². The molecule has 0 saturated carbocycles. The summed E-state index contributed by atoms with van der Waals surface area (Å²) in [6.45, 7) is -0.534. The second-order valence-electron chi connectivity index (χ2n) is 1.32. The van der Waals surface area contributed by atoms with E-state index in [-0.39, 0.29) is 13.2 Å². The van der Waals surface area contributed by atoms with E-state index in [0.717, 1.165) is 0 Å². The van der Waals surface area contributed by atoms with Gasteiger partial charge < -0.3 is 0 Å². The van der Waals surface area contributed by atoms with E-state index in [1.807, 2.05) is 0 Å². The van der Waals surface area contributed by atoms with Crippen molar-refractivity contribution in [3.05, 3.63) is 0 Å². The van der Waals surface area contributed by atoms with Crippen molar-refractivity contribution in [2.75, 3.05) is 13.2 Å². The lowest BCUT2D eigenvalue weighted by atomic mass is 10.4. The summed E-state index contributed by atoms with van der Waals surface area (Å²) in [5.74, 6) is 0. The van der Waals surface area contributed by atoms with Crippen LogP contribution in [0.3, 0.4) is 0 Å². The van der Waals surface area contributed by atoms with Crippen LogP contribution >= 0.6 is 0 Å². The van der Waals surface area contributed by atoms with Gasteiger partial charge in [0.2, 0.25) is 0 Å². The molecular weight excluding hydrogens is 132 g/mol. The van der Waals surface area contributed by atoms with Crippen LogP contribution in [0, 0.1) is 0 Å². The minimum Gasteiger partial charge on any atom is -0.252 e. The molecule has 56 valence electrons. The zero-order chi connectivity index (χ0) is 7.11. The minimum absolute atomic E-state index is 0.267. The molecule has 0 amide bonds. The number of hydrogen-bond acceptors (Lipinski definition) is 6. The maximum Gasteiger partial charge on any atom is 0.145 e. The zero-order valence-electron chi connectivity index (χ0n) is 4.56. The molecule has 3 N–H and O–H groups in total. The Hall–Kier alpha value is -0.240. The van der Waals surface area contributed by atoms with Crippen molar-refractivity contribution in [1.82, 2.24) is 0 Å². The Morgan fingerprint density at radius 3 is 1.67 bits per heavy atom. The second kappa shape index (κ2) is 5.89. The van der Waals surface area contributed by atoms with Crippen molar-refractivity contribution < 1.29 is 30.4 Å². The van der Waals surface area contributed by atoms with Crippen LogP contribution in [0.25, 0.3) is 0 Å². The normalized spacial score (nSPS) is 10.7. The van der Waals surface area contributed by atoms with E-state index >= 15 is 0 Å². The molecule has 0 aliphatic rings. The first-order valence-corrected chi connectivity index (χ1v) is 2.18. The average Bonchev–Trinajstić information content (AvgIpc) is 1.88. The van der Waals surface area contributed by atoms with Crippen LogP contribution in [0.5, 0.6) is 0 Å². The molecule has 0 atom stereocenters. The van der Waals surface area contributed by atoms with Gasteiger partial charge in [-0.1, -0.05) is 0 Å². The highest BCUT2D eigenvalue weighted by atomic mass is 17.1. The molecule has 0 radical (unpaired) electrons. The van der Waals surface area contributed by atoms with Gasteiger partial charge in [-0.05, 0) is 0 Å². The molecule has 0 aromatic heterocycles. The van der Waals surface area contributed by atoms with Gasteiger partial charge in [-0.25, -0.2) is 14.7 Å². The van der Waals surface area contributed by atoms with Crippen LogP contribution in [-0.2, 0) is 14.7 Å². The van der Waals surface area contributed by atoms with Gasteiger partial charge >= 0.3 is 0 Å². The fourth-order valence-corrected chi connectivity index (χ4v) is 0.275. The van der Waals surface area contributed by atoms with Crippen LogP contribution in [0.4, 0.5) is 0 Å². The van der Waals surface area contributed by atoms with Crippen LogP contribution in [0.1, 0.15) is 0 Å². The molecule has 6 nitrogen and oxygen atoms in total. The third-order valence-electron chi connectivity index (χ3n) is 0.670. The summed E-state index contributed by atoms with van der Waals surface area (Å²) < 4.78 is 0. The molecule has 0 aliphatic heterocycles. The molecule has 0 saturated heterocycles. The summed E-state index contributed by atoms with van der Waals surface area (Å²) in [4.78, 5) is 10.8. The Morgan fingerprint density at radius 2 is 1.44 bits per heavy atom. The van der Waals surface area contributed by atoms with E-state index in [2.05, 4.69) is 14.7 Å². The number of hydrogen-bond donors (Lipinski definition) is 3. The van der Waals surface area contributed by atoms with E-state index in [1.165, 1.54) is 0 Å². The van der Waals surface area contributed by atoms with Crippen molar-refractivity contribution in [2.45, 2.75) is 6.10 Å². The summed E-state index contributed by atoms with van der Waals surface area (Å²) in [6.07, 6.45) is -0.875. The predicted molar refractivity (Wildman–Crippen MR) is 24.7 cm³/mol. The summed E-state index contributed by atoms with van der Waals surface area (Å²) in [5.41, 5.74) is 0. The Labute approximate surface area is 51.0 Å². The fourth-order valence-electron chi connectivity index (χ4n) is 0.275. The predicted octanol–water partition coefficient (Wildman–Crippen LogP) is -0.176. The molecule has 6 heteroatoms. The van der Waals surface area contributed by atoms with Crippen molar-refractivity contribution in [3.8, 4) is 0 Å². The molecular formula is C3H8O6. The average molecular weight is 140 g/mol. The summed E-state index contributed by atoms with van der Waals surface area (Å²) >= 11 is 0. The van der Waals surface area contributed by atoms with E-state index in [9.17, 15) is 0 Å². The van der Waals surface area contributed by atoms with Gasteiger partial charge in [0.1, 0.15) is 19.3 Å². The smallest absolute Gasteiger partial charge is 0.145 e. The summed E-state index contributed by atoms with van der Waals surface area (Å²) in [7, 11) is 0. The lowest BCUT2D eigenvalue weighted by molar-refractivity contribution is -0.356. The molecule has 9 heavy (non-hydrogen) atoms. The topological polar surface area (TPSA) is 88.4 Å². The van der Waals surface area contributed by atoms with E-state index in [1.54, 1.807) is 0 Å². The molecule has 0 aliphatic carbocycles. The molecule has 0 heterocycles. The van der Waals surface area contributed by atoms with Crippen LogP contribution in [-0.4, -0.2) is 35.1 Å². The monoisotopic (exact) mass is 140 g/mol. The SMILES string of the molecule is OOCC(COO)OO. The Morgan fingerprint density at radius 1 is 1.00 bits per heavy atom. The third-order valence-corrected chi connectivity index (χ3v) is 0.670. The van der Waals surface area contributed by atoms with Gasteiger partial charge in [0, 0.05) is 0 Å². The zero-order valence-corrected chi connectivity index (χ0v) is 4.56. The lowest BCUT2D eigenvalue weighted by Crippen LogP contribution is -2.23. The van der Waals surface area contributed by atoms with Gasteiger partial charge in [0.05, 0.1) is 0 Å². The van der Waals surface area contributed by atoms with Crippen LogP contribution < -0.4 is 0 Å². The number of rotatable bonds is 5. The molecule has 0 aromatic rings. The van der Waals surface area contributed by atoms with Gasteiger partial charge in [0.15, 0.2) is 0 Å². The van der Waals surface area contributed by atoms with E-state index in [0.29, 0.717) is 0 Å². The van der Waals surface area contributed by atoms with Crippen molar-refractivity contribution in [2.24, 2.45) is 0 Å². The molecule has 0 aromatic carbocycles. The molecule has 0 unspecified atom stereocenters. The maximum atomic E-state index is 7.91. The summed E-state index contributed by atoms with van der Waals surface area (Å²) in [6, 6.07) is 0. The van der Waals surface area contributed by atoms with Crippen molar-refractivity contribution in [1.29, 1.82) is 0 Å². The maximum absolute atomic E-state index is 7.91. The Bertz CT molecular complexity index is 50.3. The molecule has 0 bridgehead atoms. The minimum atomic E-state index is -0.875. The fraction of sp³-hybridized carbons (Fsp3) is 1.00. The van der Waals surface area contributed by atoms with Gasteiger partial charge in [0.25, 0.3) is 0 Å².